The van der Waals surface area contributed by atoms with Crippen LogP contribution in [-0.4, -0.2) is 52.4 Å². The van der Waals surface area contributed by atoms with Crippen LogP contribution in [0.25, 0.3) is 0 Å². The smallest absolute Gasteiger partial charge is 0.272 e. The summed E-state index contributed by atoms with van der Waals surface area (Å²) in [5.41, 5.74) is 2.50. The van der Waals surface area contributed by atoms with Crippen molar-refractivity contribution < 1.29 is 4.79 Å². The number of anilines is 1. The second-order valence-electron chi connectivity index (χ2n) is 6.51. The lowest BCUT2D eigenvalue weighted by atomic mass is 10.2. The minimum Gasteiger partial charge on any atom is -0.344 e. The molecule has 6 heteroatoms. The van der Waals surface area contributed by atoms with E-state index in [0.29, 0.717) is 11.6 Å². The quantitative estimate of drug-likeness (QED) is 0.691. The van der Waals surface area contributed by atoms with Crippen LogP contribution in [0.3, 0.4) is 0 Å². The molecule has 0 saturated carbocycles. The van der Waals surface area contributed by atoms with Gasteiger partial charge in [0.2, 0.25) is 5.95 Å². The molecule has 0 atom stereocenters. The summed E-state index contributed by atoms with van der Waals surface area (Å²) in [6.07, 6.45) is 6.34. The Morgan fingerprint density at radius 1 is 1.04 bits per heavy atom. The molecule has 0 spiro atoms. The maximum absolute atomic E-state index is 12.8. The standard InChI is InChI=1S/C20H29N5O/c1-5-12-25(13-6-2)19(26)18-15-16(3)22-20(23-18)24(4)14-9-17-7-10-21-11-8-17/h7-8,10-11,15H,5-6,9,12-14H2,1-4H3. The lowest BCUT2D eigenvalue weighted by molar-refractivity contribution is 0.0749. The predicted octanol–water partition coefficient (Wildman–Crippen LogP) is 3.12. The molecule has 2 heterocycles. The van der Waals surface area contributed by atoms with Crippen LogP contribution in [-0.2, 0) is 6.42 Å². The van der Waals surface area contributed by atoms with Crippen LogP contribution in [0.5, 0.6) is 0 Å². The molecule has 0 aliphatic rings. The predicted molar refractivity (Wildman–Crippen MR) is 104 cm³/mol. The van der Waals surface area contributed by atoms with Gasteiger partial charge < -0.3 is 9.80 Å². The van der Waals surface area contributed by atoms with Crippen molar-refractivity contribution in [1.29, 1.82) is 0 Å². The van der Waals surface area contributed by atoms with Gasteiger partial charge in [-0.05, 0) is 49.9 Å². The average molecular weight is 355 g/mol. The van der Waals surface area contributed by atoms with E-state index in [2.05, 4.69) is 28.8 Å². The van der Waals surface area contributed by atoms with Gasteiger partial charge in [0.25, 0.3) is 5.91 Å². The molecule has 1 amide bonds. The van der Waals surface area contributed by atoms with Gasteiger partial charge in [-0.1, -0.05) is 13.8 Å². The molecule has 140 valence electrons. The molecule has 0 bridgehead atoms. The van der Waals surface area contributed by atoms with E-state index in [1.165, 1.54) is 5.56 Å². The number of aryl methyl sites for hydroxylation is 1. The topological polar surface area (TPSA) is 62.2 Å². The van der Waals surface area contributed by atoms with Crippen molar-refractivity contribution >= 4 is 11.9 Å². The van der Waals surface area contributed by atoms with E-state index in [0.717, 1.165) is 44.6 Å². The lowest BCUT2D eigenvalue weighted by Gasteiger charge is -2.22. The van der Waals surface area contributed by atoms with Crippen LogP contribution in [0.4, 0.5) is 5.95 Å². The van der Waals surface area contributed by atoms with Crippen LogP contribution < -0.4 is 4.90 Å². The van der Waals surface area contributed by atoms with E-state index in [4.69, 9.17) is 0 Å². The average Bonchev–Trinajstić information content (AvgIpc) is 2.65. The van der Waals surface area contributed by atoms with Gasteiger partial charge in [0, 0.05) is 44.8 Å². The lowest BCUT2D eigenvalue weighted by Crippen LogP contribution is -2.34. The van der Waals surface area contributed by atoms with Crippen LogP contribution in [0.15, 0.2) is 30.6 Å². The fourth-order valence-electron chi connectivity index (χ4n) is 2.80. The Hall–Kier alpha value is -2.50. The highest BCUT2D eigenvalue weighted by molar-refractivity contribution is 5.92. The molecule has 2 aromatic rings. The summed E-state index contributed by atoms with van der Waals surface area (Å²) in [5.74, 6) is 0.582. The molecule has 0 aliphatic carbocycles. The Balaban J connectivity index is 2.13. The summed E-state index contributed by atoms with van der Waals surface area (Å²) < 4.78 is 0. The normalized spacial score (nSPS) is 10.6. The van der Waals surface area contributed by atoms with Crippen molar-refractivity contribution in [3.8, 4) is 0 Å². The van der Waals surface area contributed by atoms with Crippen molar-refractivity contribution in [2.45, 2.75) is 40.0 Å². The van der Waals surface area contributed by atoms with Gasteiger partial charge in [-0.3, -0.25) is 9.78 Å². The number of pyridine rings is 1. The highest BCUT2D eigenvalue weighted by Crippen LogP contribution is 2.12. The fraction of sp³-hybridized carbons (Fsp3) is 0.500. The van der Waals surface area contributed by atoms with Gasteiger partial charge in [-0.25, -0.2) is 9.97 Å². The minimum absolute atomic E-state index is 0.0111. The Labute approximate surface area is 156 Å². The van der Waals surface area contributed by atoms with Gasteiger partial charge in [-0.2, -0.15) is 0 Å². The third kappa shape index (κ3) is 5.51. The molecule has 0 saturated heterocycles. The SMILES string of the molecule is CCCN(CCC)C(=O)c1cc(C)nc(N(C)CCc2ccncc2)n1. The molecule has 0 unspecified atom stereocenters. The highest BCUT2D eigenvalue weighted by atomic mass is 16.2. The second kappa shape index (κ2) is 9.85. The van der Waals surface area contributed by atoms with E-state index >= 15 is 0 Å². The van der Waals surface area contributed by atoms with Crippen molar-refractivity contribution in [3.05, 3.63) is 47.5 Å². The number of rotatable bonds is 9. The Bertz CT molecular complexity index is 699. The van der Waals surface area contributed by atoms with Crippen LogP contribution >= 0.6 is 0 Å². The molecule has 2 rings (SSSR count). The largest absolute Gasteiger partial charge is 0.344 e. The summed E-state index contributed by atoms with van der Waals surface area (Å²) in [6.45, 7) is 8.35. The van der Waals surface area contributed by atoms with Gasteiger partial charge >= 0.3 is 0 Å². The number of likely N-dealkylation sites (N-methyl/N-ethyl adjacent to an activating group) is 1. The molecule has 2 aromatic heterocycles. The Morgan fingerprint density at radius 2 is 1.69 bits per heavy atom. The number of hydrogen-bond acceptors (Lipinski definition) is 5. The van der Waals surface area contributed by atoms with Crippen molar-refractivity contribution in [2.75, 3.05) is 31.6 Å². The fourth-order valence-corrected chi connectivity index (χ4v) is 2.80. The number of carbonyl (C=O) groups excluding carboxylic acids is 1. The molecule has 26 heavy (non-hydrogen) atoms. The zero-order valence-corrected chi connectivity index (χ0v) is 16.3. The summed E-state index contributed by atoms with van der Waals surface area (Å²) in [7, 11) is 1.96. The number of amides is 1. The van der Waals surface area contributed by atoms with Gasteiger partial charge in [-0.15, -0.1) is 0 Å². The van der Waals surface area contributed by atoms with E-state index in [1.807, 2.05) is 35.9 Å². The third-order valence-electron chi connectivity index (χ3n) is 4.16. The number of nitrogens with zero attached hydrogens (tertiary/aromatic N) is 5. The zero-order chi connectivity index (χ0) is 18.9. The van der Waals surface area contributed by atoms with E-state index in [1.54, 1.807) is 18.5 Å². The molecule has 0 radical (unpaired) electrons. The van der Waals surface area contributed by atoms with Gasteiger partial charge in [0.15, 0.2) is 0 Å². The Kier molecular flexibility index (Phi) is 7.51. The van der Waals surface area contributed by atoms with Crippen LogP contribution in [0.2, 0.25) is 0 Å². The Morgan fingerprint density at radius 3 is 2.31 bits per heavy atom. The van der Waals surface area contributed by atoms with Crippen molar-refractivity contribution in [1.82, 2.24) is 19.9 Å². The summed E-state index contributed by atoms with van der Waals surface area (Å²) in [5, 5.41) is 0. The maximum Gasteiger partial charge on any atom is 0.272 e. The first-order valence-electron chi connectivity index (χ1n) is 9.30. The molecule has 6 nitrogen and oxygen atoms in total. The molecule has 0 aromatic carbocycles. The second-order valence-corrected chi connectivity index (χ2v) is 6.51. The first kappa shape index (κ1) is 19.8. The first-order valence-corrected chi connectivity index (χ1v) is 9.30. The third-order valence-corrected chi connectivity index (χ3v) is 4.16. The van der Waals surface area contributed by atoms with Crippen LogP contribution in [0.1, 0.15) is 48.4 Å². The van der Waals surface area contributed by atoms with Gasteiger partial charge in [0.05, 0.1) is 0 Å². The molecule has 0 aliphatic heterocycles. The van der Waals surface area contributed by atoms with Crippen molar-refractivity contribution in [2.24, 2.45) is 0 Å². The molecular formula is C20H29N5O. The first-order chi connectivity index (χ1) is 12.5. The van der Waals surface area contributed by atoms with E-state index in [9.17, 15) is 4.79 Å². The zero-order valence-electron chi connectivity index (χ0n) is 16.3. The summed E-state index contributed by atoms with van der Waals surface area (Å²) >= 11 is 0. The summed E-state index contributed by atoms with van der Waals surface area (Å²) in [4.78, 5) is 29.8. The number of hydrogen-bond donors (Lipinski definition) is 0. The van der Waals surface area contributed by atoms with Crippen LogP contribution in [0, 0.1) is 6.92 Å². The molecular weight excluding hydrogens is 326 g/mol. The monoisotopic (exact) mass is 355 g/mol. The highest BCUT2D eigenvalue weighted by Gasteiger charge is 2.18. The molecule has 0 N–H and O–H groups in total. The number of aromatic nitrogens is 3. The van der Waals surface area contributed by atoms with Gasteiger partial charge in [0.1, 0.15) is 5.69 Å². The van der Waals surface area contributed by atoms with E-state index in [-0.39, 0.29) is 5.91 Å². The maximum atomic E-state index is 12.8. The minimum atomic E-state index is -0.0111. The van der Waals surface area contributed by atoms with E-state index < -0.39 is 0 Å². The van der Waals surface area contributed by atoms with Crippen molar-refractivity contribution in [3.63, 3.8) is 0 Å². The number of carbonyl (C=O) groups is 1. The summed E-state index contributed by atoms with van der Waals surface area (Å²) in [6, 6.07) is 5.79. The molecule has 0 fully saturated rings.